The lowest BCUT2D eigenvalue weighted by Gasteiger charge is -2.31. The van der Waals surface area contributed by atoms with Gasteiger partial charge in [0.05, 0.1) is 16.1 Å². The summed E-state index contributed by atoms with van der Waals surface area (Å²) >= 11 is 12.2. The van der Waals surface area contributed by atoms with Gasteiger partial charge in [-0.3, -0.25) is 0 Å². The maximum Gasteiger partial charge on any atom is 0.0672 e. The van der Waals surface area contributed by atoms with Gasteiger partial charge in [-0.2, -0.15) is 0 Å². The molecule has 0 aliphatic rings. The molecule has 1 nitrogen and oxygen atoms in total. The van der Waals surface area contributed by atoms with Crippen molar-refractivity contribution in [1.29, 1.82) is 0 Å². The number of hydrogen-bond acceptors (Lipinski definition) is 1. The first-order chi connectivity index (χ1) is 9.43. The number of rotatable bonds is 4. The third-order valence-corrected chi connectivity index (χ3v) is 4.65. The Morgan fingerprint density at radius 3 is 2.30 bits per heavy atom. The van der Waals surface area contributed by atoms with Gasteiger partial charge < -0.3 is 5.11 Å². The molecule has 0 aliphatic carbocycles. The molecule has 0 radical (unpaired) electrons. The van der Waals surface area contributed by atoms with E-state index in [1.54, 1.807) is 6.07 Å². The minimum atomic E-state index is -0.541. The molecule has 2 aromatic carbocycles. The highest BCUT2D eigenvalue weighted by Gasteiger charge is 2.30. The second-order valence-electron chi connectivity index (χ2n) is 5.52. The van der Waals surface area contributed by atoms with Gasteiger partial charge in [-0.1, -0.05) is 79.5 Å². The zero-order valence-electron chi connectivity index (χ0n) is 11.6. The molecule has 1 N–H and O–H groups in total. The molecule has 0 aromatic heterocycles. The average Bonchev–Trinajstić information content (AvgIpc) is 2.44. The van der Waals surface area contributed by atoms with Gasteiger partial charge in [0.15, 0.2) is 0 Å². The molecule has 2 aromatic rings. The summed E-state index contributed by atoms with van der Waals surface area (Å²) in [6.45, 7) is 4.07. The third kappa shape index (κ3) is 3.17. The summed E-state index contributed by atoms with van der Waals surface area (Å²) in [5.41, 5.74) is 1.62. The molecule has 0 fully saturated rings. The minimum absolute atomic E-state index is 0.354. The van der Waals surface area contributed by atoms with Gasteiger partial charge in [-0.25, -0.2) is 0 Å². The van der Waals surface area contributed by atoms with Crippen LogP contribution in [0, 0.1) is 0 Å². The number of aliphatic hydroxyl groups is 1. The van der Waals surface area contributed by atoms with E-state index in [4.69, 9.17) is 23.2 Å². The summed E-state index contributed by atoms with van der Waals surface area (Å²) in [6.07, 6.45) is -0.0674. The molecule has 0 bridgehead atoms. The van der Waals surface area contributed by atoms with Crippen molar-refractivity contribution < 1.29 is 5.11 Å². The van der Waals surface area contributed by atoms with Crippen LogP contribution in [0.3, 0.4) is 0 Å². The molecule has 0 saturated carbocycles. The summed E-state index contributed by atoms with van der Waals surface area (Å²) in [6, 6.07) is 15.5. The van der Waals surface area contributed by atoms with E-state index in [1.807, 2.05) is 56.3 Å². The number of benzene rings is 2. The van der Waals surface area contributed by atoms with Gasteiger partial charge in [-0.15, -0.1) is 0 Å². The molecular weight excluding hydrogens is 291 g/mol. The van der Waals surface area contributed by atoms with Crippen LogP contribution in [0.4, 0.5) is 0 Å². The predicted octanol–water partition coefficient (Wildman–Crippen LogP) is 4.87. The normalized spacial score (nSPS) is 13.2. The van der Waals surface area contributed by atoms with Crippen LogP contribution in [0.25, 0.3) is 0 Å². The van der Waals surface area contributed by atoms with Crippen LogP contribution in [0.2, 0.25) is 10.0 Å². The van der Waals surface area contributed by atoms with E-state index in [1.165, 1.54) is 0 Å². The minimum Gasteiger partial charge on any atom is -0.392 e. The molecule has 0 amide bonds. The van der Waals surface area contributed by atoms with Crippen LogP contribution in [-0.4, -0.2) is 11.2 Å². The van der Waals surface area contributed by atoms with Crippen LogP contribution in [0.15, 0.2) is 48.5 Å². The first-order valence-electron chi connectivity index (χ1n) is 6.59. The number of hydrogen-bond donors (Lipinski definition) is 1. The summed E-state index contributed by atoms with van der Waals surface area (Å²) in [4.78, 5) is 0. The molecule has 0 saturated heterocycles. The van der Waals surface area contributed by atoms with E-state index >= 15 is 0 Å². The van der Waals surface area contributed by atoms with Crippen molar-refractivity contribution in [3.05, 3.63) is 69.7 Å². The van der Waals surface area contributed by atoms with E-state index in [0.29, 0.717) is 16.5 Å². The molecule has 0 aliphatic heterocycles. The SMILES string of the molecule is CC(C)(c1ccccc1)C(O)Cc1cccc(Cl)c1Cl. The Bertz CT molecular complexity index is 579. The lowest BCUT2D eigenvalue weighted by Crippen LogP contribution is -2.35. The molecular formula is C17H18Cl2O. The zero-order valence-corrected chi connectivity index (χ0v) is 13.1. The first kappa shape index (κ1) is 15.4. The van der Waals surface area contributed by atoms with Crippen molar-refractivity contribution in [2.45, 2.75) is 31.8 Å². The fourth-order valence-corrected chi connectivity index (χ4v) is 2.63. The Morgan fingerprint density at radius 2 is 1.65 bits per heavy atom. The van der Waals surface area contributed by atoms with Gasteiger partial charge >= 0.3 is 0 Å². The number of aliphatic hydroxyl groups excluding tert-OH is 1. The average molecular weight is 309 g/mol. The van der Waals surface area contributed by atoms with Crippen molar-refractivity contribution in [1.82, 2.24) is 0 Å². The highest BCUT2D eigenvalue weighted by Crippen LogP contribution is 2.32. The van der Waals surface area contributed by atoms with Crippen LogP contribution in [0.5, 0.6) is 0 Å². The molecule has 3 heteroatoms. The topological polar surface area (TPSA) is 20.2 Å². The molecule has 0 spiro atoms. The standard InChI is InChI=1S/C17H18Cl2O/c1-17(2,13-8-4-3-5-9-13)15(20)11-12-7-6-10-14(18)16(12)19/h3-10,15,20H,11H2,1-2H3. The summed E-state index contributed by atoms with van der Waals surface area (Å²) in [7, 11) is 0. The van der Waals surface area contributed by atoms with Crippen molar-refractivity contribution in [3.8, 4) is 0 Å². The second-order valence-corrected chi connectivity index (χ2v) is 6.31. The van der Waals surface area contributed by atoms with Crippen molar-refractivity contribution in [2.24, 2.45) is 0 Å². The Labute approximate surface area is 130 Å². The van der Waals surface area contributed by atoms with Gasteiger partial charge in [-0.05, 0) is 17.2 Å². The fraction of sp³-hybridized carbons (Fsp3) is 0.294. The molecule has 1 atom stereocenters. The van der Waals surface area contributed by atoms with E-state index in [2.05, 4.69) is 0 Å². The maximum absolute atomic E-state index is 10.6. The van der Waals surface area contributed by atoms with E-state index in [0.717, 1.165) is 11.1 Å². The fourth-order valence-electron chi connectivity index (χ4n) is 2.23. The van der Waals surface area contributed by atoms with Crippen LogP contribution < -0.4 is 0 Å². The monoisotopic (exact) mass is 308 g/mol. The quantitative estimate of drug-likeness (QED) is 0.854. The van der Waals surface area contributed by atoms with Crippen molar-refractivity contribution in [2.75, 3.05) is 0 Å². The van der Waals surface area contributed by atoms with Crippen LogP contribution in [-0.2, 0) is 11.8 Å². The molecule has 1 unspecified atom stereocenters. The van der Waals surface area contributed by atoms with E-state index in [9.17, 15) is 5.11 Å². The molecule has 2 rings (SSSR count). The second kappa shape index (κ2) is 6.17. The Kier molecular flexibility index (Phi) is 4.74. The number of halogens is 2. The summed E-state index contributed by atoms with van der Waals surface area (Å²) < 4.78 is 0. The van der Waals surface area contributed by atoms with Crippen molar-refractivity contribution >= 4 is 23.2 Å². The molecule has 20 heavy (non-hydrogen) atoms. The third-order valence-electron chi connectivity index (χ3n) is 3.80. The lowest BCUT2D eigenvalue weighted by atomic mass is 9.77. The van der Waals surface area contributed by atoms with Gasteiger partial charge in [0.1, 0.15) is 0 Å². The van der Waals surface area contributed by atoms with Crippen LogP contribution >= 0.6 is 23.2 Å². The van der Waals surface area contributed by atoms with E-state index in [-0.39, 0.29) is 5.41 Å². The Balaban J connectivity index is 2.23. The zero-order chi connectivity index (χ0) is 14.8. The summed E-state index contributed by atoms with van der Waals surface area (Å²) in [5, 5.41) is 11.6. The van der Waals surface area contributed by atoms with E-state index < -0.39 is 6.10 Å². The van der Waals surface area contributed by atoms with Crippen LogP contribution in [0.1, 0.15) is 25.0 Å². The predicted molar refractivity (Wildman–Crippen MR) is 85.6 cm³/mol. The van der Waals surface area contributed by atoms with Crippen molar-refractivity contribution in [3.63, 3.8) is 0 Å². The molecule has 0 heterocycles. The van der Waals surface area contributed by atoms with Gasteiger partial charge in [0, 0.05) is 11.8 Å². The molecule has 106 valence electrons. The smallest absolute Gasteiger partial charge is 0.0672 e. The van der Waals surface area contributed by atoms with Gasteiger partial charge in [0.2, 0.25) is 0 Å². The largest absolute Gasteiger partial charge is 0.392 e. The highest BCUT2D eigenvalue weighted by molar-refractivity contribution is 6.42. The summed E-state index contributed by atoms with van der Waals surface area (Å²) in [5.74, 6) is 0. The lowest BCUT2D eigenvalue weighted by molar-refractivity contribution is 0.100. The maximum atomic E-state index is 10.6. The van der Waals surface area contributed by atoms with Gasteiger partial charge in [0.25, 0.3) is 0 Å². The Morgan fingerprint density at radius 1 is 1.00 bits per heavy atom. The first-order valence-corrected chi connectivity index (χ1v) is 7.35. The highest BCUT2D eigenvalue weighted by atomic mass is 35.5. The Hall–Kier alpha value is -1.02.